The van der Waals surface area contributed by atoms with Crippen LogP contribution in [0.3, 0.4) is 0 Å². The van der Waals surface area contributed by atoms with Gasteiger partial charge in [-0.2, -0.15) is 0 Å². The van der Waals surface area contributed by atoms with Gasteiger partial charge in [0, 0.05) is 12.1 Å². The van der Waals surface area contributed by atoms with Crippen LogP contribution in [0.4, 0.5) is 0 Å². The Kier molecular flexibility index (Phi) is 9.72. The molecule has 0 radical (unpaired) electrons. The van der Waals surface area contributed by atoms with E-state index in [1.54, 1.807) is 0 Å². The first-order chi connectivity index (χ1) is 14.1. The number of carbonyl (C=O) groups is 2. The molecule has 1 heterocycles. The molecule has 2 aromatic carbocycles. The number of ether oxygens (including phenoxy) is 1. The van der Waals surface area contributed by atoms with Gasteiger partial charge in [0.2, 0.25) is 0 Å². The molecule has 0 bridgehead atoms. The molecule has 3 rings (SSSR count). The fourth-order valence-electron chi connectivity index (χ4n) is 3.28. The van der Waals surface area contributed by atoms with E-state index in [4.69, 9.17) is 24.5 Å². The number of rotatable bonds is 6. The van der Waals surface area contributed by atoms with Crippen molar-refractivity contribution in [2.24, 2.45) is 0 Å². The summed E-state index contributed by atoms with van der Waals surface area (Å²) in [6, 6.07) is 18.8. The normalized spacial score (nSPS) is 14.2. The van der Waals surface area contributed by atoms with Gasteiger partial charge in [0.1, 0.15) is 5.75 Å². The van der Waals surface area contributed by atoms with E-state index in [-0.39, 0.29) is 0 Å². The summed E-state index contributed by atoms with van der Waals surface area (Å²) in [5, 5.41) is 14.8. The topological polar surface area (TPSA) is 87.1 Å². The number of aliphatic carboxylic acids is 2. The third-order valence-electron chi connectivity index (χ3n) is 4.73. The first-order valence-corrected chi connectivity index (χ1v) is 10.0. The van der Waals surface area contributed by atoms with Crippen molar-refractivity contribution in [3.8, 4) is 16.9 Å². The third kappa shape index (κ3) is 8.35. The predicted octanol–water partition coefficient (Wildman–Crippen LogP) is 4.15. The summed E-state index contributed by atoms with van der Waals surface area (Å²) >= 11 is 0. The Morgan fingerprint density at radius 3 is 2.03 bits per heavy atom. The number of benzene rings is 2. The lowest BCUT2D eigenvalue weighted by Crippen LogP contribution is -2.26. The molecule has 1 fully saturated rings. The fourth-order valence-corrected chi connectivity index (χ4v) is 3.28. The first-order valence-electron chi connectivity index (χ1n) is 10.0. The second-order valence-electron chi connectivity index (χ2n) is 6.93. The van der Waals surface area contributed by atoms with Crippen molar-refractivity contribution in [2.75, 3.05) is 26.2 Å². The zero-order valence-electron chi connectivity index (χ0n) is 16.6. The van der Waals surface area contributed by atoms with Gasteiger partial charge in [-0.1, -0.05) is 61.4 Å². The van der Waals surface area contributed by atoms with Crippen LogP contribution in [0.1, 0.15) is 32.1 Å². The second-order valence-corrected chi connectivity index (χ2v) is 6.93. The Bertz CT molecular complexity index is 743. The van der Waals surface area contributed by atoms with Gasteiger partial charge in [-0.15, -0.1) is 0 Å². The summed E-state index contributed by atoms with van der Waals surface area (Å²) in [4.78, 5) is 20.8. The fraction of sp³-hybridized carbons (Fsp3) is 0.391. The van der Waals surface area contributed by atoms with E-state index in [0.717, 1.165) is 25.3 Å². The molecule has 6 heteroatoms. The van der Waals surface area contributed by atoms with Crippen LogP contribution >= 0.6 is 0 Å². The van der Waals surface area contributed by atoms with Crippen molar-refractivity contribution in [1.29, 1.82) is 0 Å². The Hall–Kier alpha value is -2.86. The van der Waals surface area contributed by atoms with Crippen LogP contribution in [0.15, 0.2) is 54.6 Å². The molecule has 1 aliphatic heterocycles. The summed E-state index contributed by atoms with van der Waals surface area (Å²) in [7, 11) is 0. The van der Waals surface area contributed by atoms with E-state index < -0.39 is 11.9 Å². The Balaban J connectivity index is 0.000000438. The maximum Gasteiger partial charge on any atom is 0.414 e. The number of carboxylic acid groups (broad SMARTS) is 2. The summed E-state index contributed by atoms with van der Waals surface area (Å²) in [6.07, 6.45) is 6.62. The number of likely N-dealkylation sites (tertiary alicyclic amines) is 1. The standard InChI is InChI=1S/C21H27NO.C2H2O4/c1-2-9-16-22(15-8-1)17-10-18-23-21-14-7-6-13-20(21)19-11-4-3-5-12-19;3-1(4)2(5)6/h3-7,11-14H,1-2,8-10,15-18H2;(H,3,4)(H,5,6). The highest BCUT2D eigenvalue weighted by Crippen LogP contribution is 2.29. The minimum absolute atomic E-state index is 0.792. The van der Waals surface area contributed by atoms with E-state index in [1.807, 2.05) is 6.07 Å². The molecule has 156 valence electrons. The van der Waals surface area contributed by atoms with Gasteiger partial charge in [0.05, 0.1) is 6.61 Å². The number of nitrogens with zero attached hydrogens (tertiary/aromatic N) is 1. The molecular formula is C23H29NO5. The quantitative estimate of drug-likeness (QED) is 0.560. The van der Waals surface area contributed by atoms with Crippen molar-refractivity contribution in [3.63, 3.8) is 0 Å². The average molecular weight is 399 g/mol. The van der Waals surface area contributed by atoms with Crippen LogP contribution in [0, 0.1) is 0 Å². The summed E-state index contributed by atoms with van der Waals surface area (Å²) in [5.74, 6) is -2.65. The van der Waals surface area contributed by atoms with Crippen LogP contribution < -0.4 is 4.74 Å². The Labute approximate surface area is 171 Å². The molecular weight excluding hydrogens is 370 g/mol. The van der Waals surface area contributed by atoms with E-state index >= 15 is 0 Å². The highest BCUT2D eigenvalue weighted by molar-refractivity contribution is 6.27. The molecule has 2 N–H and O–H groups in total. The molecule has 0 amide bonds. The number of hydrogen-bond donors (Lipinski definition) is 2. The van der Waals surface area contributed by atoms with Crippen LogP contribution in [0.5, 0.6) is 5.75 Å². The first kappa shape index (κ1) is 22.4. The second kappa shape index (κ2) is 12.6. The van der Waals surface area contributed by atoms with E-state index in [9.17, 15) is 0 Å². The third-order valence-corrected chi connectivity index (χ3v) is 4.73. The predicted molar refractivity (Wildman–Crippen MR) is 112 cm³/mol. The van der Waals surface area contributed by atoms with Crippen LogP contribution in [0.25, 0.3) is 11.1 Å². The van der Waals surface area contributed by atoms with E-state index in [2.05, 4.69) is 53.4 Å². The van der Waals surface area contributed by atoms with Gasteiger partial charge < -0.3 is 19.8 Å². The smallest absolute Gasteiger partial charge is 0.414 e. The number of para-hydroxylation sites is 1. The monoisotopic (exact) mass is 399 g/mol. The van der Waals surface area contributed by atoms with Crippen molar-refractivity contribution in [3.05, 3.63) is 54.6 Å². The highest BCUT2D eigenvalue weighted by atomic mass is 16.5. The molecule has 6 nitrogen and oxygen atoms in total. The molecule has 2 aromatic rings. The Morgan fingerprint density at radius 2 is 1.41 bits per heavy atom. The van der Waals surface area contributed by atoms with Crippen LogP contribution in [-0.2, 0) is 9.59 Å². The van der Waals surface area contributed by atoms with Crippen molar-refractivity contribution >= 4 is 11.9 Å². The van der Waals surface area contributed by atoms with Gasteiger partial charge in [0.25, 0.3) is 0 Å². The average Bonchev–Trinajstić information content (AvgIpc) is 3.01. The molecule has 0 atom stereocenters. The van der Waals surface area contributed by atoms with Crippen molar-refractivity contribution in [1.82, 2.24) is 4.90 Å². The van der Waals surface area contributed by atoms with Gasteiger partial charge >= 0.3 is 11.9 Å². The lowest BCUT2D eigenvalue weighted by molar-refractivity contribution is -0.159. The van der Waals surface area contributed by atoms with Gasteiger partial charge in [-0.05, 0) is 44.0 Å². The molecule has 0 unspecified atom stereocenters. The molecule has 0 aromatic heterocycles. The Morgan fingerprint density at radius 1 is 0.828 bits per heavy atom. The maximum absolute atomic E-state index is 9.10. The van der Waals surface area contributed by atoms with Crippen molar-refractivity contribution < 1.29 is 24.5 Å². The summed E-state index contributed by atoms with van der Waals surface area (Å²) in [6.45, 7) is 4.48. The molecule has 0 aliphatic carbocycles. The van der Waals surface area contributed by atoms with E-state index in [0.29, 0.717) is 0 Å². The molecule has 1 aliphatic rings. The summed E-state index contributed by atoms with van der Waals surface area (Å²) < 4.78 is 6.09. The zero-order valence-corrected chi connectivity index (χ0v) is 16.6. The molecule has 29 heavy (non-hydrogen) atoms. The summed E-state index contributed by atoms with van der Waals surface area (Å²) in [5.41, 5.74) is 2.40. The SMILES string of the molecule is O=C(O)C(=O)O.c1ccc(-c2ccccc2OCCCN2CCCCCC2)cc1. The molecule has 1 saturated heterocycles. The lowest BCUT2D eigenvalue weighted by atomic mass is 10.1. The number of carboxylic acids is 2. The highest BCUT2D eigenvalue weighted by Gasteiger charge is 2.09. The zero-order chi connectivity index (χ0) is 20.9. The number of hydrogen-bond acceptors (Lipinski definition) is 4. The van der Waals surface area contributed by atoms with Gasteiger partial charge in [0.15, 0.2) is 0 Å². The van der Waals surface area contributed by atoms with Crippen molar-refractivity contribution in [2.45, 2.75) is 32.1 Å². The molecule has 0 spiro atoms. The van der Waals surface area contributed by atoms with E-state index in [1.165, 1.54) is 49.9 Å². The minimum atomic E-state index is -1.82. The van der Waals surface area contributed by atoms with Gasteiger partial charge in [-0.3, -0.25) is 0 Å². The van der Waals surface area contributed by atoms with Crippen LogP contribution in [0.2, 0.25) is 0 Å². The maximum atomic E-state index is 9.10. The largest absolute Gasteiger partial charge is 0.493 e. The minimum Gasteiger partial charge on any atom is -0.493 e. The van der Waals surface area contributed by atoms with Crippen LogP contribution in [-0.4, -0.2) is 53.3 Å². The van der Waals surface area contributed by atoms with Gasteiger partial charge in [-0.25, -0.2) is 9.59 Å². The lowest BCUT2D eigenvalue weighted by Gasteiger charge is -2.19. The molecule has 0 saturated carbocycles.